The number of carbonyl (C=O) groups is 1. The molecular formula is C18H23F3N2O3S. The lowest BCUT2D eigenvalue weighted by Gasteiger charge is -2.32. The zero-order valence-electron chi connectivity index (χ0n) is 14.8. The van der Waals surface area contributed by atoms with Gasteiger partial charge < -0.3 is 5.32 Å². The van der Waals surface area contributed by atoms with Crippen LogP contribution in [-0.2, 0) is 21.0 Å². The van der Waals surface area contributed by atoms with Gasteiger partial charge in [0.2, 0.25) is 15.9 Å². The average molecular weight is 404 g/mol. The molecule has 0 radical (unpaired) electrons. The summed E-state index contributed by atoms with van der Waals surface area (Å²) >= 11 is 0. The van der Waals surface area contributed by atoms with E-state index in [-0.39, 0.29) is 22.6 Å². The summed E-state index contributed by atoms with van der Waals surface area (Å²) in [5, 5.41) is 2.95. The molecule has 1 N–H and O–H groups in total. The number of sulfonamides is 1. The molecule has 0 spiro atoms. The third kappa shape index (κ3) is 4.63. The highest BCUT2D eigenvalue weighted by molar-refractivity contribution is 7.89. The third-order valence-corrected chi connectivity index (χ3v) is 7.35. The van der Waals surface area contributed by atoms with Gasteiger partial charge in [-0.05, 0) is 55.9 Å². The van der Waals surface area contributed by atoms with Crippen LogP contribution in [0.5, 0.6) is 0 Å². The number of halogens is 3. The first-order chi connectivity index (χ1) is 12.7. The van der Waals surface area contributed by atoms with Crippen LogP contribution in [0.2, 0.25) is 0 Å². The topological polar surface area (TPSA) is 66.5 Å². The van der Waals surface area contributed by atoms with Crippen LogP contribution in [0.3, 0.4) is 0 Å². The van der Waals surface area contributed by atoms with Crippen LogP contribution in [-0.4, -0.2) is 38.3 Å². The van der Waals surface area contributed by atoms with Crippen LogP contribution in [0.4, 0.5) is 13.2 Å². The Hall–Kier alpha value is -1.61. The Balaban J connectivity index is 1.54. The van der Waals surface area contributed by atoms with Crippen LogP contribution < -0.4 is 5.32 Å². The van der Waals surface area contributed by atoms with Gasteiger partial charge in [-0.25, -0.2) is 8.42 Å². The third-order valence-electron chi connectivity index (χ3n) is 5.43. The van der Waals surface area contributed by atoms with Gasteiger partial charge in [0.05, 0.1) is 10.5 Å². The van der Waals surface area contributed by atoms with E-state index in [9.17, 15) is 26.4 Å². The molecule has 1 aromatic carbocycles. The highest BCUT2D eigenvalue weighted by atomic mass is 32.2. The fourth-order valence-electron chi connectivity index (χ4n) is 3.38. The van der Waals surface area contributed by atoms with Gasteiger partial charge in [0.1, 0.15) is 0 Å². The van der Waals surface area contributed by atoms with E-state index in [1.807, 2.05) is 0 Å². The second-order valence-corrected chi connectivity index (χ2v) is 9.18. The summed E-state index contributed by atoms with van der Waals surface area (Å²) < 4.78 is 64.5. The molecule has 0 aromatic heterocycles. The maximum absolute atomic E-state index is 12.6. The fourth-order valence-corrected chi connectivity index (χ4v) is 4.85. The molecule has 1 saturated heterocycles. The number of hydrogen-bond donors (Lipinski definition) is 1. The molecule has 0 bridgehead atoms. The van der Waals surface area contributed by atoms with Crippen molar-refractivity contribution >= 4 is 15.9 Å². The Bertz CT molecular complexity index is 766. The molecule has 0 unspecified atom stereocenters. The Kier molecular flexibility index (Phi) is 5.81. The summed E-state index contributed by atoms with van der Waals surface area (Å²) in [6.45, 7) is 1.14. The maximum atomic E-state index is 12.6. The Morgan fingerprint density at radius 1 is 1.07 bits per heavy atom. The van der Waals surface area contributed by atoms with E-state index in [1.165, 1.54) is 4.31 Å². The van der Waals surface area contributed by atoms with Crippen LogP contribution in [0.15, 0.2) is 29.2 Å². The standard InChI is InChI=1S/C18H23F3N2O3S/c19-18(20,21)15-4-6-16(7-5-15)27(25,26)23-10-8-13(9-11-23)12-22-17(24)14-2-1-3-14/h4-7,13-14H,1-3,8-12H2,(H,22,24). The highest BCUT2D eigenvalue weighted by Gasteiger charge is 2.33. The van der Waals surface area contributed by atoms with Crippen LogP contribution in [0, 0.1) is 11.8 Å². The molecule has 1 heterocycles. The van der Waals surface area contributed by atoms with Gasteiger partial charge in [0.25, 0.3) is 0 Å². The van der Waals surface area contributed by atoms with E-state index in [0.717, 1.165) is 43.5 Å². The van der Waals surface area contributed by atoms with Crippen molar-refractivity contribution in [1.82, 2.24) is 9.62 Å². The summed E-state index contributed by atoms with van der Waals surface area (Å²) in [5.41, 5.74) is -0.873. The zero-order chi connectivity index (χ0) is 19.7. The lowest BCUT2D eigenvalue weighted by Crippen LogP contribution is -2.43. The number of nitrogens with zero attached hydrogens (tertiary/aromatic N) is 1. The average Bonchev–Trinajstić information content (AvgIpc) is 2.58. The van der Waals surface area contributed by atoms with Gasteiger partial charge in [-0.3, -0.25) is 4.79 Å². The van der Waals surface area contributed by atoms with Gasteiger partial charge in [0, 0.05) is 25.6 Å². The molecule has 5 nitrogen and oxygen atoms in total. The molecule has 1 aromatic rings. The van der Waals surface area contributed by atoms with Gasteiger partial charge in [-0.15, -0.1) is 0 Å². The Labute approximate surface area is 157 Å². The molecule has 150 valence electrons. The van der Waals surface area contributed by atoms with Crippen molar-refractivity contribution < 1.29 is 26.4 Å². The number of piperidine rings is 1. The first kappa shape index (κ1) is 20.1. The van der Waals surface area contributed by atoms with Crippen LogP contribution >= 0.6 is 0 Å². The van der Waals surface area contributed by atoms with E-state index in [2.05, 4.69) is 5.32 Å². The largest absolute Gasteiger partial charge is 0.416 e. The van der Waals surface area contributed by atoms with Crippen molar-refractivity contribution in [2.24, 2.45) is 11.8 Å². The molecule has 1 aliphatic carbocycles. The molecule has 27 heavy (non-hydrogen) atoms. The van der Waals surface area contributed by atoms with Crippen LogP contribution in [0.1, 0.15) is 37.7 Å². The normalized spacial score (nSPS) is 20.3. The second-order valence-electron chi connectivity index (χ2n) is 7.24. The number of carbonyl (C=O) groups excluding carboxylic acids is 1. The summed E-state index contributed by atoms with van der Waals surface area (Å²) in [6, 6.07) is 3.58. The highest BCUT2D eigenvalue weighted by Crippen LogP contribution is 2.31. The zero-order valence-corrected chi connectivity index (χ0v) is 15.7. The fraction of sp³-hybridized carbons (Fsp3) is 0.611. The number of hydrogen-bond acceptors (Lipinski definition) is 3. The molecule has 1 saturated carbocycles. The van der Waals surface area contributed by atoms with Crippen molar-refractivity contribution in [3.8, 4) is 0 Å². The Morgan fingerprint density at radius 2 is 1.67 bits per heavy atom. The quantitative estimate of drug-likeness (QED) is 0.820. The maximum Gasteiger partial charge on any atom is 0.416 e. The number of rotatable bonds is 5. The van der Waals surface area contributed by atoms with Crippen molar-refractivity contribution in [3.05, 3.63) is 29.8 Å². The van der Waals surface area contributed by atoms with E-state index in [4.69, 9.17) is 0 Å². The summed E-state index contributed by atoms with van der Waals surface area (Å²) in [6.07, 6.45) is -0.288. The lowest BCUT2D eigenvalue weighted by molar-refractivity contribution is -0.137. The van der Waals surface area contributed by atoms with E-state index in [1.54, 1.807) is 0 Å². The Morgan fingerprint density at radius 3 is 2.15 bits per heavy atom. The number of benzene rings is 1. The second kappa shape index (κ2) is 7.79. The minimum absolute atomic E-state index is 0.0843. The van der Waals surface area contributed by atoms with Crippen molar-refractivity contribution in [1.29, 1.82) is 0 Å². The summed E-state index contributed by atoms with van der Waals surface area (Å²) in [4.78, 5) is 11.7. The van der Waals surface area contributed by atoms with E-state index in [0.29, 0.717) is 32.5 Å². The first-order valence-corrected chi connectivity index (χ1v) is 10.6. The number of alkyl halides is 3. The number of amides is 1. The van der Waals surface area contributed by atoms with Crippen LogP contribution in [0.25, 0.3) is 0 Å². The minimum atomic E-state index is -4.50. The van der Waals surface area contributed by atoms with Crippen molar-refractivity contribution in [3.63, 3.8) is 0 Å². The molecule has 3 rings (SSSR count). The van der Waals surface area contributed by atoms with Gasteiger partial charge in [-0.2, -0.15) is 17.5 Å². The summed E-state index contributed by atoms with van der Waals surface area (Å²) in [7, 11) is -3.81. The minimum Gasteiger partial charge on any atom is -0.356 e. The van der Waals surface area contributed by atoms with E-state index >= 15 is 0 Å². The molecule has 1 amide bonds. The van der Waals surface area contributed by atoms with Crippen molar-refractivity contribution in [2.45, 2.75) is 43.2 Å². The van der Waals surface area contributed by atoms with Gasteiger partial charge in [0.15, 0.2) is 0 Å². The lowest BCUT2D eigenvalue weighted by atomic mass is 9.84. The molecule has 9 heteroatoms. The van der Waals surface area contributed by atoms with E-state index < -0.39 is 21.8 Å². The van der Waals surface area contributed by atoms with Gasteiger partial charge >= 0.3 is 6.18 Å². The predicted molar refractivity (Wildman–Crippen MR) is 93.3 cm³/mol. The molecular weight excluding hydrogens is 381 g/mol. The molecule has 1 aliphatic heterocycles. The summed E-state index contributed by atoms with van der Waals surface area (Å²) in [5.74, 6) is 0.430. The monoisotopic (exact) mass is 404 g/mol. The molecule has 0 atom stereocenters. The van der Waals surface area contributed by atoms with Gasteiger partial charge in [-0.1, -0.05) is 6.42 Å². The first-order valence-electron chi connectivity index (χ1n) is 9.13. The molecule has 2 fully saturated rings. The SMILES string of the molecule is O=C(NCC1CCN(S(=O)(=O)c2ccc(C(F)(F)F)cc2)CC1)C1CCC1. The van der Waals surface area contributed by atoms with Crippen molar-refractivity contribution in [2.75, 3.05) is 19.6 Å². The smallest absolute Gasteiger partial charge is 0.356 e. The molecule has 2 aliphatic rings. The number of nitrogens with one attached hydrogen (secondary N) is 1. The predicted octanol–water partition coefficient (Wildman–Crippen LogP) is 3.02.